The van der Waals surface area contributed by atoms with Crippen molar-refractivity contribution in [3.8, 4) is 28.3 Å². The second-order valence-corrected chi connectivity index (χ2v) is 6.43. The van der Waals surface area contributed by atoms with Crippen LogP contribution in [-0.2, 0) is 6.42 Å². The van der Waals surface area contributed by atoms with E-state index in [-0.39, 0.29) is 0 Å². The molecule has 0 unspecified atom stereocenters. The van der Waals surface area contributed by atoms with E-state index in [9.17, 15) is 10.1 Å². The number of hydrogen-bond donors (Lipinski definition) is 1. The molecule has 0 saturated carbocycles. The van der Waals surface area contributed by atoms with Gasteiger partial charge in [-0.1, -0.05) is 32.0 Å². The first-order valence-corrected chi connectivity index (χ1v) is 9.27. The zero-order valence-electron chi connectivity index (χ0n) is 16.0. The lowest BCUT2D eigenvalue weighted by Gasteiger charge is -2.11. The van der Waals surface area contributed by atoms with E-state index >= 15 is 0 Å². The maximum Gasteiger partial charge on any atom is 0.293 e. The average molecular weight is 365 g/mol. The van der Waals surface area contributed by atoms with Gasteiger partial charge in [-0.05, 0) is 56.2 Å². The standard InChI is InChI=1S/C22H25N2O3/c1-4-15-27-19-13-11-18(12-14-19)21-16(3)23(25)20(5-2)22(24(21)26)17-9-7-6-8-10-17/h6-14,25H,4-5,15H2,1-3H3/q+1. The molecule has 1 heterocycles. The minimum absolute atomic E-state index is 0.426. The van der Waals surface area contributed by atoms with Crippen molar-refractivity contribution in [3.63, 3.8) is 0 Å². The lowest BCUT2D eigenvalue weighted by Crippen LogP contribution is -2.29. The third-order valence-corrected chi connectivity index (χ3v) is 4.58. The van der Waals surface area contributed by atoms with Gasteiger partial charge in [0.15, 0.2) is 0 Å². The van der Waals surface area contributed by atoms with Crippen LogP contribution in [0.2, 0.25) is 0 Å². The van der Waals surface area contributed by atoms with Crippen LogP contribution in [0.3, 0.4) is 0 Å². The normalized spacial score (nSPS) is 10.8. The predicted octanol–water partition coefficient (Wildman–Crippen LogP) is 4.63. The fourth-order valence-corrected chi connectivity index (χ4v) is 3.23. The summed E-state index contributed by atoms with van der Waals surface area (Å²) in [6, 6.07) is 16.8. The Morgan fingerprint density at radius 3 is 2.19 bits per heavy atom. The van der Waals surface area contributed by atoms with Gasteiger partial charge in [0.1, 0.15) is 17.1 Å². The third-order valence-electron chi connectivity index (χ3n) is 4.58. The van der Waals surface area contributed by atoms with Crippen molar-refractivity contribution in [1.82, 2.24) is 4.73 Å². The highest BCUT2D eigenvalue weighted by molar-refractivity contribution is 5.64. The Labute approximate surface area is 159 Å². The topological polar surface area (TPSA) is 57.4 Å². The minimum atomic E-state index is 0.426. The van der Waals surface area contributed by atoms with Gasteiger partial charge in [-0.15, -0.1) is 0 Å². The molecule has 27 heavy (non-hydrogen) atoms. The quantitative estimate of drug-likeness (QED) is 0.512. The van der Waals surface area contributed by atoms with Gasteiger partial charge in [-0.3, -0.25) is 0 Å². The summed E-state index contributed by atoms with van der Waals surface area (Å²) in [5.74, 6) is 0.765. The number of hydrogen-bond acceptors (Lipinski definition) is 3. The van der Waals surface area contributed by atoms with Crippen molar-refractivity contribution in [2.45, 2.75) is 33.6 Å². The Balaban J connectivity index is 2.19. The summed E-state index contributed by atoms with van der Waals surface area (Å²) in [7, 11) is 0. The fourth-order valence-electron chi connectivity index (χ4n) is 3.23. The third kappa shape index (κ3) is 3.58. The highest BCUT2D eigenvalue weighted by Gasteiger charge is 2.29. The lowest BCUT2D eigenvalue weighted by molar-refractivity contribution is -0.472. The van der Waals surface area contributed by atoms with E-state index in [1.54, 1.807) is 6.92 Å². The highest BCUT2D eigenvalue weighted by atomic mass is 16.5. The smallest absolute Gasteiger partial charge is 0.293 e. The Kier molecular flexibility index (Phi) is 5.60. The lowest BCUT2D eigenvalue weighted by atomic mass is 10.0. The van der Waals surface area contributed by atoms with Gasteiger partial charge in [-0.2, -0.15) is 4.73 Å². The molecule has 2 aromatic carbocycles. The average Bonchev–Trinajstić information content (AvgIpc) is 2.70. The molecule has 0 atom stereocenters. The van der Waals surface area contributed by atoms with Crippen LogP contribution in [0.15, 0.2) is 54.6 Å². The van der Waals surface area contributed by atoms with E-state index < -0.39 is 0 Å². The van der Waals surface area contributed by atoms with E-state index in [1.165, 1.54) is 0 Å². The maximum absolute atomic E-state index is 13.3. The van der Waals surface area contributed by atoms with Crippen molar-refractivity contribution in [2.75, 3.05) is 6.61 Å². The molecule has 140 valence electrons. The SMILES string of the molecule is CCCOc1ccc(-c2c(C)n(O)c(CC)c(-c3ccccc3)[n+]2=O)cc1. The van der Waals surface area contributed by atoms with Crippen LogP contribution in [0.25, 0.3) is 22.5 Å². The monoisotopic (exact) mass is 365 g/mol. The van der Waals surface area contributed by atoms with Gasteiger partial charge in [0.25, 0.3) is 11.4 Å². The Morgan fingerprint density at radius 1 is 0.963 bits per heavy atom. The molecular formula is C22H25N2O3+. The van der Waals surface area contributed by atoms with Crippen LogP contribution in [0, 0.1) is 11.8 Å². The van der Waals surface area contributed by atoms with Crippen molar-refractivity contribution in [3.05, 3.63) is 70.9 Å². The molecule has 3 rings (SSSR count). The van der Waals surface area contributed by atoms with E-state index in [0.717, 1.165) is 32.5 Å². The van der Waals surface area contributed by atoms with Crippen LogP contribution in [0.4, 0.5) is 0 Å². The van der Waals surface area contributed by atoms with Gasteiger partial charge < -0.3 is 9.94 Å². The molecule has 0 aliphatic carbocycles. The van der Waals surface area contributed by atoms with Crippen LogP contribution in [-0.4, -0.2) is 16.5 Å². The Morgan fingerprint density at radius 2 is 1.59 bits per heavy atom. The van der Waals surface area contributed by atoms with Crippen molar-refractivity contribution >= 4 is 0 Å². The molecule has 0 amide bonds. The van der Waals surface area contributed by atoms with Crippen molar-refractivity contribution < 1.29 is 14.4 Å². The summed E-state index contributed by atoms with van der Waals surface area (Å²) in [6.45, 7) is 6.38. The van der Waals surface area contributed by atoms with E-state index in [2.05, 4.69) is 6.92 Å². The molecule has 3 aromatic rings. The molecule has 0 aliphatic heterocycles. The Bertz CT molecular complexity index is 977. The molecule has 1 N–H and O–H groups in total. The zero-order chi connectivity index (χ0) is 19.4. The molecule has 0 radical (unpaired) electrons. The highest BCUT2D eigenvalue weighted by Crippen LogP contribution is 2.27. The van der Waals surface area contributed by atoms with Gasteiger partial charge in [0, 0.05) is 4.91 Å². The predicted molar refractivity (Wildman–Crippen MR) is 106 cm³/mol. The summed E-state index contributed by atoms with van der Waals surface area (Å²) in [6.07, 6.45) is 1.47. The largest absolute Gasteiger partial charge is 0.494 e. The summed E-state index contributed by atoms with van der Waals surface area (Å²) < 4.78 is 7.68. The number of aromatic nitrogens is 2. The van der Waals surface area contributed by atoms with E-state index in [0.29, 0.717) is 35.8 Å². The zero-order valence-corrected chi connectivity index (χ0v) is 16.0. The van der Waals surface area contributed by atoms with Crippen molar-refractivity contribution in [1.29, 1.82) is 0 Å². The molecule has 1 aromatic heterocycles. The number of nitrogens with zero attached hydrogens (tertiary/aromatic N) is 2. The first-order valence-electron chi connectivity index (χ1n) is 9.27. The van der Waals surface area contributed by atoms with Crippen LogP contribution in [0.1, 0.15) is 31.7 Å². The molecule has 5 heteroatoms. The molecular weight excluding hydrogens is 340 g/mol. The summed E-state index contributed by atoms with van der Waals surface area (Å²) in [4.78, 5) is 13.3. The summed E-state index contributed by atoms with van der Waals surface area (Å²) >= 11 is 0. The van der Waals surface area contributed by atoms with Gasteiger partial charge in [0.05, 0.1) is 22.2 Å². The molecule has 0 saturated heterocycles. The molecule has 5 nitrogen and oxygen atoms in total. The number of ether oxygens (including phenoxy) is 1. The maximum atomic E-state index is 13.3. The second-order valence-electron chi connectivity index (χ2n) is 6.43. The number of benzene rings is 2. The molecule has 0 aliphatic rings. The summed E-state index contributed by atoms with van der Waals surface area (Å²) in [5, 5.41) is 10.7. The number of rotatable bonds is 6. The van der Waals surface area contributed by atoms with Gasteiger partial charge in [-0.25, -0.2) is 0 Å². The molecule has 0 fully saturated rings. The first-order chi connectivity index (χ1) is 13.1. The molecule has 0 spiro atoms. The first kappa shape index (κ1) is 18.7. The summed E-state index contributed by atoms with van der Waals surface area (Å²) in [5.41, 5.74) is 3.48. The second kappa shape index (κ2) is 8.08. The molecule has 0 bridgehead atoms. The van der Waals surface area contributed by atoms with Crippen LogP contribution >= 0.6 is 0 Å². The minimum Gasteiger partial charge on any atom is -0.494 e. The van der Waals surface area contributed by atoms with E-state index in [4.69, 9.17) is 4.74 Å². The fraction of sp³-hybridized carbons (Fsp3) is 0.273. The van der Waals surface area contributed by atoms with Gasteiger partial charge in [0.2, 0.25) is 0 Å². The van der Waals surface area contributed by atoms with Crippen molar-refractivity contribution in [2.24, 2.45) is 0 Å². The Hall–Kier alpha value is -3.08. The van der Waals surface area contributed by atoms with Crippen LogP contribution in [0.5, 0.6) is 5.75 Å². The van der Waals surface area contributed by atoms with Crippen LogP contribution < -0.4 is 9.16 Å². The van der Waals surface area contributed by atoms with E-state index in [1.807, 2.05) is 61.5 Å². The van der Waals surface area contributed by atoms with Gasteiger partial charge >= 0.3 is 0 Å².